The molecule has 1 rings (SSSR count). The van der Waals surface area contributed by atoms with Crippen LogP contribution in [0.3, 0.4) is 0 Å². The molecule has 0 fully saturated rings. The van der Waals surface area contributed by atoms with E-state index in [0.29, 0.717) is 5.69 Å². The zero-order valence-electron chi connectivity index (χ0n) is 13.0. The molecule has 0 aliphatic carbocycles. The fourth-order valence-corrected chi connectivity index (χ4v) is 2.54. The molecule has 0 heterocycles. The van der Waals surface area contributed by atoms with E-state index in [-0.39, 0.29) is 22.6 Å². The number of carbonyl (C=O) groups excluding carboxylic acids is 2. The summed E-state index contributed by atoms with van der Waals surface area (Å²) >= 11 is 0. The van der Waals surface area contributed by atoms with Crippen LogP contribution in [-0.4, -0.2) is 33.3 Å². The van der Waals surface area contributed by atoms with Crippen LogP contribution < -0.4 is 15.4 Å². The van der Waals surface area contributed by atoms with Crippen molar-refractivity contribution in [2.24, 2.45) is 5.92 Å². The average Bonchev–Trinajstić information content (AvgIpc) is 2.44. The lowest BCUT2D eigenvalue weighted by Crippen LogP contribution is -2.46. The van der Waals surface area contributed by atoms with Crippen molar-refractivity contribution in [3.05, 3.63) is 24.3 Å². The van der Waals surface area contributed by atoms with Crippen LogP contribution in [0.25, 0.3) is 0 Å². The lowest BCUT2D eigenvalue weighted by molar-refractivity contribution is -0.126. The predicted octanol–water partition coefficient (Wildman–Crippen LogP) is 0.694. The summed E-state index contributed by atoms with van der Waals surface area (Å²) in [5.74, 6) is -0.716. The smallest absolute Gasteiger partial charge is 0.247 e. The number of sulfonamides is 1. The summed E-state index contributed by atoms with van der Waals surface area (Å²) in [6.07, 6.45) is 0. The average molecular weight is 327 g/mol. The lowest BCUT2D eigenvalue weighted by Gasteiger charge is -2.21. The van der Waals surface area contributed by atoms with E-state index in [0.717, 1.165) is 0 Å². The quantitative estimate of drug-likeness (QED) is 0.715. The molecule has 1 atom stereocenters. The van der Waals surface area contributed by atoms with Crippen molar-refractivity contribution in [3.63, 3.8) is 0 Å². The molecular formula is C14H21N3O4S. The summed E-state index contributed by atoms with van der Waals surface area (Å²) in [5.41, 5.74) is 0.455. The molecule has 0 spiro atoms. The van der Waals surface area contributed by atoms with Crippen molar-refractivity contribution in [2.75, 3.05) is 12.4 Å². The van der Waals surface area contributed by atoms with E-state index < -0.39 is 16.1 Å². The predicted molar refractivity (Wildman–Crippen MR) is 83.8 cm³/mol. The molecule has 0 saturated carbocycles. The summed E-state index contributed by atoms with van der Waals surface area (Å²) < 4.78 is 25.4. The van der Waals surface area contributed by atoms with Crippen molar-refractivity contribution in [1.29, 1.82) is 0 Å². The minimum atomic E-state index is -3.51. The van der Waals surface area contributed by atoms with E-state index in [1.807, 2.05) is 13.8 Å². The summed E-state index contributed by atoms with van der Waals surface area (Å²) in [4.78, 5) is 23.4. The maximum absolute atomic E-state index is 12.2. The zero-order valence-corrected chi connectivity index (χ0v) is 13.8. The Balaban J connectivity index is 2.86. The number of nitrogens with one attached hydrogen (secondary N) is 3. The Kier molecular flexibility index (Phi) is 6.07. The second kappa shape index (κ2) is 7.37. The number of amides is 2. The van der Waals surface area contributed by atoms with Crippen molar-refractivity contribution in [1.82, 2.24) is 10.0 Å². The first-order valence-electron chi connectivity index (χ1n) is 6.79. The van der Waals surface area contributed by atoms with E-state index in [9.17, 15) is 18.0 Å². The summed E-state index contributed by atoms with van der Waals surface area (Å²) in [7, 11) is -2.18. The van der Waals surface area contributed by atoms with E-state index in [1.54, 1.807) is 0 Å². The molecule has 1 aromatic carbocycles. The van der Waals surface area contributed by atoms with Crippen LogP contribution in [0.1, 0.15) is 20.8 Å². The van der Waals surface area contributed by atoms with Crippen LogP contribution in [0.4, 0.5) is 5.69 Å². The molecule has 8 heteroatoms. The van der Waals surface area contributed by atoms with Gasteiger partial charge in [0.1, 0.15) is 6.04 Å². The normalized spacial score (nSPS) is 12.8. The highest BCUT2D eigenvalue weighted by Gasteiger charge is 2.23. The molecule has 122 valence electrons. The van der Waals surface area contributed by atoms with E-state index in [1.165, 1.54) is 38.2 Å². The monoisotopic (exact) mass is 327 g/mol. The van der Waals surface area contributed by atoms with Gasteiger partial charge in [-0.15, -0.1) is 0 Å². The number of anilines is 1. The minimum Gasteiger partial charge on any atom is -0.344 e. The van der Waals surface area contributed by atoms with Gasteiger partial charge in [0.2, 0.25) is 21.8 Å². The third-order valence-corrected chi connectivity index (χ3v) is 4.44. The molecule has 0 unspecified atom stereocenters. The first-order valence-corrected chi connectivity index (χ1v) is 8.27. The lowest BCUT2D eigenvalue weighted by atomic mass is 10.0. The van der Waals surface area contributed by atoms with Crippen LogP contribution in [0.2, 0.25) is 0 Å². The van der Waals surface area contributed by atoms with Gasteiger partial charge < -0.3 is 10.6 Å². The molecule has 2 amide bonds. The van der Waals surface area contributed by atoms with Gasteiger partial charge in [0.25, 0.3) is 0 Å². The standard InChI is InChI=1S/C14H21N3O4S/c1-9(2)13(16-10(3)18)14(19)17-11-5-7-12(8-6-11)22(20,21)15-4/h5-9,13,15H,1-4H3,(H,16,18)(H,17,19)/t13-/m0/s1. The Morgan fingerprint density at radius 3 is 2.05 bits per heavy atom. The third kappa shape index (κ3) is 4.81. The second-order valence-electron chi connectivity index (χ2n) is 5.14. The third-order valence-electron chi connectivity index (χ3n) is 3.01. The highest BCUT2D eigenvalue weighted by Crippen LogP contribution is 2.14. The molecular weight excluding hydrogens is 306 g/mol. The van der Waals surface area contributed by atoms with Gasteiger partial charge in [-0.25, -0.2) is 13.1 Å². The fourth-order valence-electron chi connectivity index (χ4n) is 1.81. The molecule has 22 heavy (non-hydrogen) atoms. The maximum Gasteiger partial charge on any atom is 0.247 e. The van der Waals surface area contributed by atoms with Crippen LogP contribution in [-0.2, 0) is 19.6 Å². The van der Waals surface area contributed by atoms with Crippen LogP contribution in [0.5, 0.6) is 0 Å². The molecule has 1 aromatic rings. The van der Waals surface area contributed by atoms with Gasteiger partial charge in [0.15, 0.2) is 0 Å². The van der Waals surface area contributed by atoms with Crippen LogP contribution in [0, 0.1) is 5.92 Å². The summed E-state index contributed by atoms with van der Waals surface area (Å²) in [6, 6.07) is 5.12. The molecule has 0 radical (unpaired) electrons. The number of hydrogen-bond acceptors (Lipinski definition) is 4. The summed E-state index contributed by atoms with van der Waals surface area (Å²) in [6.45, 7) is 4.99. The van der Waals surface area contributed by atoms with Crippen molar-refractivity contribution < 1.29 is 18.0 Å². The van der Waals surface area contributed by atoms with Gasteiger partial charge in [-0.2, -0.15) is 0 Å². The Morgan fingerprint density at radius 1 is 1.09 bits per heavy atom. The van der Waals surface area contributed by atoms with Crippen LogP contribution >= 0.6 is 0 Å². The Morgan fingerprint density at radius 2 is 1.64 bits per heavy atom. The Labute approximate surface area is 130 Å². The Hall–Kier alpha value is -1.93. The van der Waals surface area contributed by atoms with Crippen molar-refractivity contribution >= 4 is 27.5 Å². The number of rotatable bonds is 6. The Bertz CT molecular complexity index is 639. The van der Waals surface area contributed by atoms with E-state index in [2.05, 4.69) is 15.4 Å². The summed E-state index contributed by atoms with van der Waals surface area (Å²) in [5, 5.41) is 5.24. The second-order valence-corrected chi connectivity index (χ2v) is 7.03. The van der Waals surface area contributed by atoms with E-state index in [4.69, 9.17) is 0 Å². The number of benzene rings is 1. The fraction of sp³-hybridized carbons (Fsp3) is 0.429. The molecule has 0 saturated heterocycles. The van der Waals surface area contributed by atoms with Gasteiger partial charge in [0.05, 0.1) is 4.90 Å². The highest BCUT2D eigenvalue weighted by molar-refractivity contribution is 7.89. The van der Waals surface area contributed by atoms with Gasteiger partial charge in [-0.1, -0.05) is 13.8 Å². The SMILES string of the molecule is CNS(=O)(=O)c1ccc(NC(=O)[C@@H](NC(C)=O)C(C)C)cc1. The molecule has 0 bridgehead atoms. The molecule has 0 aliphatic rings. The molecule has 0 aliphatic heterocycles. The van der Waals surface area contributed by atoms with Gasteiger partial charge in [-0.3, -0.25) is 9.59 Å². The number of carbonyl (C=O) groups is 2. The highest BCUT2D eigenvalue weighted by atomic mass is 32.2. The van der Waals surface area contributed by atoms with Crippen LogP contribution in [0.15, 0.2) is 29.2 Å². The molecule has 0 aromatic heterocycles. The minimum absolute atomic E-state index is 0.0761. The zero-order chi connectivity index (χ0) is 16.9. The first-order chi connectivity index (χ1) is 10.2. The van der Waals surface area contributed by atoms with Crippen molar-refractivity contribution in [3.8, 4) is 0 Å². The topological polar surface area (TPSA) is 104 Å². The molecule has 3 N–H and O–H groups in total. The van der Waals surface area contributed by atoms with Gasteiger partial charge >= 0.3 is 0 Å². The molecule has 7 nitrogen and oxygen atoms in total. The van der Waals surface area contributed by atoms with Crippen molar-refractivity contribution in [2.45, 2.75) is 31.7 Å². The largest absolute Gasteiger partial charge is 0.344 e. The maximum atomic E-state index is 12.2. The first kappa shape index (κ1) is 18.1. The van der Waals surface area contributed by atoms with Gasteiger partial charge in [0, 0.05) is 12.6 Å². The van der Waals surface area contributed by atoms with E-state index >= 15 is 0 Å². The van der Waals surface area contributed by atoms with Gasteiger partial charge in [-0.05, 0) is 37.2 Å². The number of hydrogen-bond donors (Lipinski definition) is 3.